The lowest BCUT2D eigenvalue weighted by Crippen LogP contribution is -2.09. The Morgan fingerprint density at radius 3 is 1.75 bits per heavy atom. The lowest BCUT2D eigenvalue weighted by Gasteiger charge is -2.26. The molecule has 0 atom stereocenters. The van der Waals surface area contributed by atoms with Crippen molar-refractivity contribution in [2.45, 2.75) is 37.4 Å². The van der Waals surface area contributed by atoms with E-state index in [4.69, 9.17) is 15.7 Å². The van der Waals surface area contributed by atoms with Crippen molar-refractivity contribution in [3.63, 3.8) is 0 Å². The Balaban J connectivity index is 1.76. The predicted molar refractivity (Wildman–Crippen MR) is 88.0 cm³/mol. The summed E-state index contributed by atoms with van der Waals surface area (Å²) in [5.74, 6) is 1.11. The van der Waals surface area contributed by atoms with Gasteiger partial charge < -0.3 is 0 Å². The number of hydrogen-bond acceptors (Lipinski definition) is 0. The molecule has 20 heavy (non-hydrogen) atoms. The molecular weight excluding hydrogens is 238 g/mol. The molecular formula is C18H18B2. The highest BCUT2D eigenvalue weighted by molar-refractivity contribution is 6.32. The van der Waals surface area contributed by atoms with Gasteiger partial charge in [0.15, 0.2) is 0 Å². The second-order valence-electron chi connectivity index (χ2n) is 5.86. The first-order chi connectivity index (χ1) is 9.72. The fourth-order valence-electron chi connectivity index (χ4n) is 3.08. The van der Waals surface area contributed by atoms with E-state index >= 15 is 0 Å². The molecule has 0 bridgehead atoms. The first kappa shape index (κ1) is 13.5. The van der Waals surface area contributed by atoms with Gasteiger partial charge in [-0.15, -0.1) is 0 Å². The maximum absolute atomic E-state index is 5.98. The predicted octanol–water partition coefficient (Wildman–Crippen LogP) is 3.76. The molecule has 0 heterocycles. The summed E-state index contributed by atoms with van der Waals surface area (Å²) in [7, 11) is 11.7. The van der Waals surface area contributed by atoms with Crippen LogP contribution in [0.4, 0.5) is 0 Å². The molecule has 0 aliphatic heterocycles. The Kier molecular flexibility index (Phi) is 4.00. The van der Waals surface area contributed by atoms with Crippen molar-refractivity contribution >= 4 is 21.2 Å². The summed E-state index contributed by atoms with van der Waals surface area (Å²) in [6.07, 6.45) is 4.76. The molecule has 2 heteroatoms. The van der Waals surface area contributed by atoms with Crippen molar-refractivity contribution in [1.29, 1.82) is 0 Å². The molecule has 1 aliphatic rings. The quantitative estimate of drug-likeness (QED) is 0.717. The van der Waals surface area contributed by atoms with Crippen LogP contribution >= 0.6 is 0 Å². The average molecular weight is 256 g/mol. The first-order valence-corrected chi connectivity index (χ1v) is 7.44. The fraction of sp³-hybridized carbons (Fsp3) is 0.333. The number of hydrogen-bond donors (Lipinski definition) is 0. The summed E-state index contributed by atoms with van der Waals surface area (Å²) in [5, 5.41) is 0. The minimum Gasteiger partial charge on any atom is -0.0966 e. The number of rotatable bonds is 2. The van der Waals surface area contributed by atoms with Gasteiger partial charge in [0.1, 0.15) is 7.85 Å². The van der Waals surface area contributed by atoms with Crippen LogP contribution < -0.4 is 5.46 Å². The molecule has 0 N–H and O–H groups in total. The van der Waals surface area contributed by atoms with Gasteiger partial charge in [-0.05, 0) is 35.4 Å². The van der Waals surface area contributed by atoms with Gasteiger partial charge in [0.05, 0.1) is 7.85 Å². The monoisotopic (exact) mass is 256 g/mol. The fourth-order valence-corrected chi connectivity index (χ4v) is 3.08. The van der Waals surface area contributed by atoms with Gasteiger partial charge in [0.25, 0.3) is 0 Å². The Labute approximate surface area is 124 Å². The molecule has 1 aliphatic carbocycles. The Bertz CT molecular complexity index is 549. The van der Waals surface area contributed by atoms with Crippen LogP contribution in [0.1, 0.15) is 37.2 Å². The van der Waals surface area contributed by atoms with E-state index in [1.807, 2.05) is 12.1 Å². The number of benzene rings is 2. The second kappa shape index (κ2) is 5.91. The van der Waals surface area contributed by atoms with Crippen LogP contribution in [0.15, 0.2) is 48.5 Å². The summed E-state index contributed by atoms with van der Waals surface area (Å²) < 4.78 is 0. The normalized spacial score (nSPS) is 22.6. The minimum atomic E-state index is 0.417. The van der Waals surface area contributed by atoms with Crippen LogP contribution in [0, 0.1) is 0 Å². The van der Waals surface area contributed by atoms with Crippen molar-refractivity contribution in [2.75, 3.05) is 0 Å². The van der Waals surface area contributed by atoms with Crippen LogP contribution in [0.3, 0.4) is 0 Å². The van der Waals surface area contributed by atoms with Gasteiger partial charge >= 0.3 is 0 Å². The molecule has 4 radical (unpaired) electrons. The van der Waals surface area contributed by atoms with Gasteiger partial charge in [-0.25, -0.2) is 0 Å². The largest absolute Gasteiger partial charge is 0.113 e. The first-order valence-electron chi connectivity index (χ1n) is 7.44. The average Bonchev–Trinajstić information content (AvgIpc) is 2.49. The van der Waals surface area contributed by atoms with E-state index in [-0.39, 0.29) is 0 Å². The van der Waals surface area contributed by atoms with E-state index in [2.05, 4.69) is 36.4 Å². The molecule has 2 aromatic rings. The Morgan fingerprint density at radius 2 is 1.20 bits per heavy atom. The van der Waals surface area contributed by atoms with Crippen LogP contribution in [0.5, 0.6) is 0 Å². The maximum Gasteiger partial charge on any atom is 0.113 e. The van der Waals surface area contributed by atoms with E-state index in [0.717, 1.165) is 18.3 Å². The highest BCUT2D eigenvalue weighted by Gasteiger charge is 2.19. The topological polar surface area (TPSA) is 0 Å². The van der Waals surface area contributed by atoms with Crippen molar-refractivity contribution in [3.8, 4) is 11.1 Å². The lowest BCUT2D eigenvalue weighted by molar-refractivity contribution is 0.444. The highest BCUT2D eigenvalue weighted by atomic mass is 14.2. The van der Waals surface area contributed by atoms with Crippen LogP contribution in [-0.4, -0.2) is 15.7 Å². The van der Waals surface area contributed by atoms with Gasteiger partial charge in [0.2, 0.25) is 0 Å². The zero-order valence-electron chi connectivity index (χ0n) is 11.8. The third-order valence-electron chi connectivity index (χ3n) is 4.40. The molecule has 2 aromatic carbocycles. The van der Waals surface area contributed by atoms with Crippen LogP contribution in [-0.2, 0) is 0 Å². The van der Waals surface area contributed by atoms with Crippen LogP contribution in [0.25, 0.3) is 11.1 Å². The third-order valence-corrected chi connectivity index (χ3v) is 4.40. The molecule has 0 spiro atoms. The zero-order valence-corrected chi connectivity index (χ0v) is 11.8. The van der Waals surface area contributed by atoms with Crippen molar-refractivity contribution in [2.24, 2.45) is 0 Å². The molecule has 0 saturated heterocycles. The second-order valence-corrected chi connectivity index (χ2v) is 5.86. The Morgan fingerprint density at radius 1 is 0.700 bits per heavy atom. The van der Waals surface area contributed by atoms with Crippen LogP contribution in [0.2, 0.25) is 5.82 Å². The summed E-state index contributed by atoms with van der Waals surface area (Å²) in [6, 6.07) is 17.0. The van der Waals surface area contributed by atoms with E-state index < -0.39 is 0 Å². The SMILES string of the molecule is [B]c1ccc(-c2ccc(C3CCC([B])CC3)cc2)cc1. The van der Waals surface area contributed by atoms with Crippen molar-refractivity contribution in [3.05, 3.63) is 54.1 Å². The van der Waals surface area contributed by atoms with Crippen molar-refractivity contribution < 1.29 is 0 Å². The van der Waals surface area contributed by atoms with E-state index in [1.165, 1.54) is 29.5 Å². The molecule has 0 unspecified atom stereocenters. The van der Waals surface area contributed by atoms with E-state index in [9.17, 15) is 0 Å². The maximum atomic E-state index is 5.98. The lowest BCUT2D eigenvalue weighted by atomic mass is 9.70. The third kappa shape index (κ3) is 3.00. The molecule has 1 saturated carbocycles. The molecule has 0 aromatic heterocycles. The molecule has 3 rings (SSSR count). The van der Waals surface area contributed by atoms with Gasteiger partial charge in [-0.1, -0.05) is 72.7 Å². The highest BCUT2D eigenvalue weighted by Crippen LogP contribution is 2.37. The summed E-state index contributed by atoms with van der Waals surface area (Å²) in [5.41, 5.74) is 4.73. The van der Waals surface area contributed by atoms with E-state index in [1.54, 1.807) is 0 Å². The summed E-state index contributed by atoms with van der Waals surface area (Å²) in [4.78, 5) is 0. The smallest absolute Gasteiger partial charge is 0.0966 e. The minimum absolute atomic E-state index is 0.417. The van der Waals surface area contributed by atoms with E-state index in [0.29, 0.717) is 11.7 Å². The molecule has 0 nitrogen and oxygen atoms in total. The van der Waals surface area contributed by atoms with Gasteiger partial charge in [-0.3, -0.25) is 0 Å². The molecule has 1 fully saturated rings. The Hall–Kier alpha value is -1.43. The molecule has 0 amide bonds. The van der Waals surface area contributed by atoms with Crippen molar-refractivity contribution in [1.82, 2.24) is 0 Å². The van der Waals surface area contributed by atoms with Gasteiger partial charge in [0, 0.05) is 0 Å². The molecule has 96 valence electrons. The van der Waals surface area contributed by atoms with Gasteiger partial charge in [-0.2, -0.15) is 0 Å². The summed E-state index contributed by atoms with van der Waals surface area (Å²) >= 11 is 0. The zero-order chi connectivity index (χ0) is 13.9. The summed E-state index contributed by atoms with van der Waals surface area (Å²) in [6.45, 7) is 0. The standard InChI is InChI=1S/C18H18B2/c19-17-9-5-15(6-10-17)13-1-2-14(4-3-13)16-7-11-18(20)12-8-16/h1-6,9-10,16,18H,7-8,11-12H2.